The Kier molecular flexibility index (Phi) is 4.23. The molecule has 1 rings (SSSR count). The number of alkyl halides is 6. The van der Waals surface area contributed by atoms with E-state index in [4.69, 9.17) is 5.84 Å². The van der Waals surface area contributed by atoms with Crippen LogP contribution in [0.5, 0.6) is 0 Å². The highest BCUT2D eigenvalue weighted by Gasteiger charge is 2.60. The number of hydrogen-bond acceptors (Lipinski definition) is 2. The molecule has 1 unspecified atom stereocenters. The molecule has 0 saturated carbocycles. The number of hydrazine groups is 1. The molecular weight excluding hydrogens is 262 g/mol. The fourth-order valence-corrected chi connectivity index (χ4v) is 1.61. The maximum Gasteiger partial charge on any atom is 0.402 e. The summed E-state index contributed by atoms with van der Waals surface area (Å²) in [6.07, 6.45) is -10.9. The summed E-state index contributed by atoms with van der Waals surface area (Å²) in [6, 6.07) is 4.37. The van der Waals surface area contributed by atoms with E-state index in [1.54, 1.807) is 5.43 Å². The predicted octanol–water partition coefficient (Wildman–Crippen LogP) is 2.93. The number of rotatable bonds is 3. The van der Waals surface area contributed by atoms with Crippen LogP contribution in [0.15, 0.2) is 30.3 Å². The zero-order valence-electron chi connectivity index (χ0n) is 8.89. The van der Waals surface area contributed by atoms with E-state index >= 15 is 0 Å². The maximum atomic E-state index is 12.5. The van der Waals surface area contributed by atoms with E-state index in [0.717, 1.165) is 12.1 Å². The van der Waals surface area contributed by atoms with E-state index in [0.29, 0.717) is 0 Å². The third kappa shape index (κ3) is 3.36. The molecule has 0 fully saturated rings. The Balaban J connectivity index is 3.19. The summed E-state index contributed by atoms with van der Waals surface area (Å²) < 4.78 is 75.1. The molecule has 1 aromatic carbocycles. The van der Waals surface area contributed by atoms with Crippen molar-refractivity contribution in [1.29, 1.82) is 0 Å². The van der Waals surface area contributed by atoms with Crippen molar-refractivity contribution in [2.45, 2.75) is 18.4 Å². The molecule has 0 aliphatic carbocycles. The Morgan fingerprint density at radius 3 is 1.67 bits per heavy atom. The topological polar surface area (TPSA) is 38.0 Å². The summed E-state index contributed by atoms with van der Waals surface area (Å²) in [7, 11) is 0. The van der Waals surface area contributed by atoms with Crippen LogP contribution in [0.25, 0.3) is 0 Å². The summed E-state index contributed by atoms with van der Waals surface area (Å²) in [5.74, 6) is 1.29. The Morgan fingerprint density at radius 1 is 0.889 bits per heavy atom. The smallest absolute Gasteiger partial charge is 0.271 e. The van der Waals surface area contributed by atoms with Crippen LogP contribution >= 0.6 is 0 Å². The molecule has 1 aromatic rings. The fraction of sp³-hybridized carbons (Fsp3) is 0.400. The van der Waals surface area contributed by atoms with Crippen LogP contribution in [0.3, 0.4) is 0 Å². The molecule has 0 aromatic heterocycles. The van der Waals surface area contributed by atoms with Crippen molar-refractivity contribution >= 4 is 0 Å². The molecule has 8 heteroatoms. The van der Waals surface area contributed by atoms with Gasteiger partial charge in [0.25, 0.3) is 0 Å². The van der Waals surface area contributed by atoms with Gasteiger partial charge in [-0.05, 0) is 5.56 Å². The molecule has 0 amide bonds. The highest BCUT2D eigenvalue weighted by molar-refractivity contribution is 5.20. The molecule has 0 spiro atoms. The molecule has 0 heterocycles. The van der Waals surface area contributed by atoms with Gasteiger partial charge in [0.2, 0.25) is 0 Å². The minimum atomic E-state index is -5.44. The Bertz CT molecular complexity index is 358. The molecular formula is C10H10F6N2. The van der Waals surface area contributed by atoms with Crippen LogP contribution in [0.1, 0.15) is 11.6 Å². The van der Waals surface area contributed by atoms with E-state index in [-0.39, 0.29) is 5.56 Å². The Labute approximate surface area is 98.7 Å². The van der Waals surface area contributed by atoms with Gasteiger partial charge in [-0.1, -0.05) is 30.3 Å². The largest absolute Gasteiger partial charge is 0.402 e. The first-order valence-electron chi connectivity index (χ1n) is 4.82. The van der Waals surface area contributed by atoms with Gasteiger partial charge >= 0.3 is 12.4 Å². The minimum absolute atomic E-state index is 0.181. The average molecular weight is 272 g/mol. The standard InChI is InChI=1S/C10H10F6N2/c11-9(12,13)8(10(14,15)16)7(18-17)6-4-2-1-3-5-6/h1-5,7-8,18H,17H2. The zero-order chi connectivity index (χ0) is 14.0. The molecule has 0 aliphatic heterocycles. The molecule has 2 nitrogen and oxygen atoms in total. The monoisotopic (exact) mass is 272 g/mol. The Morgan fingerprint density at radius 2 is 1.33 bits per heavy atom. The molecule has 0 radical (unpaired) electrons. The first-order valence-corrected chi connectivity index (χ1v) is 4.82. The van der Waals surface area contributed by atoms with Gasteiger partial charge in [-0.2, -0.15) is 26.3 Å². The average Bonchev–Trinajstić information content (AvgIpc) is 2.23. The van der Waals surface area contributed by atoms with E-state index < -0.39 is 24.3 Å². The van der Waals surface area contributed by atoms with Crippen molar-refractivity contribution in [3.8, 4) is 0 Å². The minimum Gasteiger partial charge on any atom is -0.271 e. The third-order valence-electron chi connectivity index (χ3n) is 2.38. The van der Waals surface area contributed by atoms with Crippen molar-refractivity contribution in [3.05, 3.63) is 35.9 Å². The van der Waals surface area contributed by atoms with E-state index in [1.165, 1.54) is 18.2 Å². The first kappa shape index (κ1) is 14.8. The van der Waals surface area contributed by atoms with Gasteiger partial charge in [-0.25, -0.2) is 0 Å². The molecule has 0 aliphatic rings. The number of hydrogen-bond donors (Lipinski definition) is 2. The van der Waals surface area contributed by atoms with Gasteiger partial charge in [0.1, 0.15) is 0 Å². The number of halogens is 6. The predicted molar refractivity (Wildman–Crippen MR) is 52.1 cm³/mol. The summed E-state index contributed by atoms with van der Waals surface area (Å²) in [5, 5.41) is 0. The Hall–Kier alpha value is -1.28. The lowest BCUT2D eigenvalue weighted by Crippen LogP contribution is -2.47. The molecule has 0 bridgehead atoms. The van der Waals surface area contributed by atoms with Gasteiger partial charge in [0, 0.05) is 0 Å². The number of nitrogens with one attached hydrogen (secondary N) is 1. The van der Waals surface area contributed by atoms with Crippen molar-refractivity contribution < 1.29 is 26.3 Å². The van der Waals surface area contributed by atoms with Crippen LogP contribution in [0.4, 0.5) is 26.3 Å². The second-order valence-corrected chi connectivity index (χ2v) is 3.62. The highest BCUT2D eigenvalue weighted by Crippen LogP contribution is 2.46. The van der Waals surface area contributed by atoms with Crippen molar-refractivity contribution in [1.82, 2.24) is 5.43 Å². The van der Waals surface area contributed by atoms with Crippen molar-refractivity contribution in [3.63, 3.8) is 0 Å². The van der Waals surface area contributed by atoms with E-state index in [1.807, 2.05) is 0 Å². The lowest BCUT2D eigenvalue weighted by molar-refractivity contribution is -0.292. The maximum absolute atomic E-state index is 12.5. The van der Waals surface area contributed by atoms with Gasteiger partial charge in [-0.15, -0.1) is 0 Å². The van der Waals surface area contributed by atoms with Crippen molar-refractivity contribution in [2.24, 2.45) is 11.8 Å². The van der Waals surface area contributed by atoms with E-state index in [2.05, 4.69) is 0 Å². The normalized spacial score (nSPS) is 14.9. The zero-order valence-corrected chi connectivity index (χ0v) is 8.89. The summed E-state index contributed by atoms with van der Waals surface area (Å²) in [4.78, 5) is 0. The second-order valence-electron chi connectivity index (χ2n) is 3.62. The second kappa shape index (κ2) is 5.15. The molecule has 102 valence electrons. The lowest BCUT2D eigenvalue weighted by Gasteiger charge is -2.30. The number of benzene rings is 1. The van der Waals surface area contributed by atoms with Gasteiger partial charge < -0.3 is 0 Å². The molecule has 0 saturated heterocycles. The van der Waals surface area contributed by atoms with Gasteiger partial charge in [-0.3, -0.25) is 11.3 Å². The summed E-state index contributed by atoms with van der Waals surface area (Å²) in [5.41, 5.74) is 1.41. The highest BCUT2D eigenvalue weighted by atomic mass is 19.4. The summed E-state index contributed by atoms with van der Waals surface area (Å²) in [6.45, 7) is 0. The molecule has 3 N–H and O–H groups in total. The molecule has 18 heavy (non-hydrogen) atoms. The van der Waals surface area contributed by atoms with Crippen LogP contribution in [0.2, 0.25) is 0 Å². The van der Waals surface area contributed by atoms with Crippen LogP contribution < -0.4 is 11.3 Å². The lowest BCUT2D eigenvalue weighted by atomic mass is 9.92. The fourth-order valence-electron chi connectivity index (χ4n) is 1.61. The first-order chi connectivity index (χ1) is 8.18. The van der Waals surface area contributed by atoms with Crippen LogP contribution in [0, 0.1) is 5.92 Å². The SMILES string of the molecule is NNC(c1ccccc1)C(C(F)(F)F)C(F)(F)F. The van der Waals surface area contributed by atoms with Gasteiger partial charge in [0.05, 0.1) is 6.04 Å². The quantitative estimate of drug-likeness (QED) is 0.504. The van der Waals surface area contributed by atoms with Crippen LogP contribution in [-0.4, -0.2) is 12.4 Å². The number of nitrogens with two attached hydrogens (primary N) is 1. The van der Waals surface area contributed by atoms with Crippen molar-refractivity contribution in [2.75, 3.05) is 0 Å². The molecule has 1 atom stereocenters. The third-order valence-corrected chi connectivity index (χ3v) is 2.38. The summed E-state index contributed by atoms with van der Waals surface area (Å²) >= 11 is 0. The van der Waals surface area contributed by atoms with Crippen LogP contribution in [-0.2, 0) is 0 Å². The van der Waals surface area contributed by atoms with E-state index in [9.17, 15) is 26.3 Å². The van der Waals surface area contributed by atoms with Gasteiger partial charge in [0.15, 0.2) is 5.92 Å².